The van der Waals surface area contributed by atoms with Crippen molar-refractivity contribution in [3.8, 4) is 5.88 Å². The van der Waals surface area contributed by atoms with Gasteiger partial charge in [0.05, 0.1) is 33.2 Å². The predicted molar refractivity (Wildman–Crippen MR) is 113 cm³/mol. The molecule has 0 N–H and O–H groups in total. The Kier molecular flexibility index (Phi) is 8.23. The van der Waals surface area contributed by atoms with Crippen molar-refractivity contribution in [2.75, 3.05) is 27.4 Å². The van der Waals surface area contributed by atoms with E-state index in [1.54, 1.807) is 12.1 Å². The fourth-order valence-electron chi connectivity index (χ4n) is 3.53. The zero-order valence-electron chi connectivity index (χ0n) is 18.0. The number of likely N-dealkylation sites (tertiary alicyclic amines) is 1. The van der Waals surface area contributed by atoms with E-state index in [-0.39, 0.29) is 18.2 Å². The van der Waals surface area contributed by atoms with E-state index in [1.165, 1.54) is 19.1 Å². The molecule has 0 saturated carbocycles. The minimum atomic E-state index is -0.714. The van der Waals surface area contributed by atoms with Gasteiger partial charge in [-0.2, -0.15) is 0 Å². The van der Waals surface area contributed by atoms with Crippen LogP contribution < -0.4 is 4.74 Å². The number of carbonyl (C=O) groups is 3. The normalized spacial score (nSPS) is 19.9. The fraction of sp³-hybridized carbons (Fsp3) is 0.619. The molecule has 3 atom stereocenters. The average molecular weight is 485 g/mol. The van der Waals surface area contributed by atoms with Crippen LogP contribution in [0.5, 0.6) is 5.88 Å². The van der Waals surface area contributed by atoms with Crippen LogP contribution in [0.3, 0.4) is 0 Å². The van der Waals surface area contributed by atoms with E-state index >= 15 is 0 Å². The zero-order chi connectivity index (χ0) is 22.5. The Labute approximate surface area is 185 Å². The monoisotopic (exact) mass is 484 g/mol. The smallest absolute Gasteiger partial charge is 0.328 e. The summed E-state index contributed by atoms with van der Waals surface area (Å²) < 4.78 is 16.1. The summed E-state index contributed by atoms with van der Waals surface area (Å²) in [4.78, 5) is 43.4. The van der Waals surface area contributed by atoms with Crippen molar-refractivity contribution < 1.29 is 28.6 Å². The minimum Gasteiger partial charge on any atom is -0.477 e. The second-order valence-corrected chi connectivity index (χ2v) is 9.25. The molecule has 1 amide bonds. The zero-order valence-corrected chi connectivity index (χ0v) is 19.6. The molecule has 0 bridgehead atoms. The van der Waals surface area contributed by atoms with Gasteiger partial charge in [0.15, 0.2) is 0 Å². The van der Waals surface area contributed by atoms with Gasteiger partial charge in [0.1, 0.15) is 10.6 Å². The topological polar surface area (TPSA) is 95.0 Å². The van der Waals surface area contributed by atoms with Gasteiger partial charge < -0.3 is 19.1 Å². The molecule has 30 heavy (non-hydrogen) atoms. The molecule has 1 aromatic heterocycles. The van der Waals surface area contributed by atoms with E-state index in [4.69, 9.17) is 14.2 Å². The van der Waals surface area contributed by atoms with E-state index < -0.39 is 29.3 Å². The number of esters is 2. The first kappa shape index (κ1) is 24.1. The number of amides is 1. The maximum absolute atomic E-state index is 13.4. The number of nitrogens with zero attached hydrogens (tertiary/aromatic N) is 2. The van der Waals surface area contributed by atoms with E-state index in [0.717, 1.165) is 0 Å². The first-order valence-corrected chi connectivity index (χ1v) is 10.6. The lowest BCUT2D eigenvalue weighted by Gasteiger charge is -2.34. The molecule has 0 spiro atoms. The molecule has 0 radical (unpaired) electrons. The van der Waals surface area contributed by atoms with Crippen molar-refractivity contribution in [3.05, 3.63) is 22.8 Å². The van der Waals surface area contributed by atoms with E-state index in [9.17, 15) is 14.4 Å². The second-order valence-electron chi connectivity index (χ2n) is 8.44. The summed E-state index contributed by atoms with van der Waals surface area (Å²) in [5, 5.41) is 0. The fourth-order valence-corrected chi connectivity index (χ4v) is 3.86. The Morgan fingerprint density at radius 1 is 1.23 bits per heavy atom. The number of pyridine rings is 1. The Balaban J connectivity index is 2.17. The van der Waals surface area contributed by atoms with E-state index in [0.29, 0.717) is 30.1 Å². The summed E-state index contributed by atoms with van der Waals surface area (Å²) in [5.41, 5.74) is -0.485. The van der Waals surface area contributed by atoms with Gasteiger partial charge >= 0.3 is 11.9 Å². The van der Waals surface area contributed by atoms with Crippen LogP contribution in [0.1, 0.15) is 33.6 Å². The molecule has 2 heterocycles. The third-order valence-electron chi connectivity index (χ3n) is 5.24. The van der Waals surface area contributed by atoms with Gasteiger partial charge in [-0.25, -0.2) is 9.78 Å². The second kappa shape index (κ2) is 10.2. The average Bonchev–Trinajstić information content (AvgIpc) is 3.12. The highest BCUT2D eigenvalue weighted by Crippen LogP contribution is 2.35. The van der Waals surface area contributed by atoms with Crippen LogP contribution in [0.25, 0.3) is 0 Å². The van der Waals surface area contributed by atoms with Crippen LogP contribution in [0.4, 0.5) is 0 Å². The van der Waals surface area contributed by atoms with Crippen LogP contribution >= 0.6 is 15.9 Å². The molecule has 9 heteroatoms. The molecule has 1 aliphatic heterocycles. The highest BCUT2D eigenvalue weighted by Gasteiger charge is 2.45. The van der Waals surface area contributed by atoms with Crippen LogP contribution in [0.2, 0.25) is 0 Å². The predicted octanol–water partition coefficient (Wildman–Crippen LogP) is 2.84. The van der Waals surface area contributed by atoms with Gasteiger partial charge in [-0.15, -0.1) is 0 Å². The van der Waals surface area contributed by atoms with Crippen LogP contribution in [-0.2, 0) is 23.9 Å². The van der Waals surface area contributed by atoms with Crippen molar-refractivity contribution in [2.24, 2.45) is 17.3 Å². The molecule has 0 aromatic carbocycles. The highest BCUT2D eigenvalue weighted by molar-refractivity contribution is 9.10. The quantitative estimate of drug-likeness (QED) is 0.433. The number of carbonyl (C=O) groups excluding carboxylic acids is 3. The van der Waals surface area contributed by atoms with Gasteiger partial charge in [-0.05, 0) is 33.8 Å². The SMILES string of the molecule is COC(=O)C[C@H](C(=O)N1C[C@H](COc2cccc(Br)n2)C[C@H]1C(=O)OC)C(C)(C)C. The standard InChI is InChI=1S/C21H29BrN2O6/c1-21(2,3)14(10-18(25)28-4)19(26)24-11-13(9-15(24)20(27)29-5)12-30-17-8-6-7-16(22)23-17/h6-8,13-15H,9-12H2,1-5H3/t13-,14-,15+/m1/s1. The number of hydrogen-bond acceptors (Lipinski definition) is 7. The highest BCUT2D eigenvalue weighted by atomic mass is 79.9. The molecule has 1 saturated heterocycles. The largest absolute Gasteiger partial charge is 0.477 e. The first-order valence-electron chi connectivity index (χ1n) is 9.77. The molecule has 0 unspecified atom stereocenters. The molecule has 1 fully saturated rings. The molecule has 2 rings (SSSR count). The number of halogens is 1. The lowest BCUT2D eigenvalue weighted by Crippen LogP contribution is -2.47. The maximum atomic E-state index is 13.4. The third kappa shape index (κ3) is 6.17. The van der Waals surface area contributed by atoms with Gasteiger partial charge in [-0.3, -0.25) is 9.59 Å². The van der Waals surface area contributed by atoms with Crippen LogP contribution in [0.15, 0.2) is 22.8 Å². The number of ether oxygens (including phenoxy) is 3. The summed E-state index contributed by atoms with van der Waals surface area (Å²) in [6.45, 7) is 6.31. The molecule has 166 valence electrons. The molecular weight excluding hydrogens is 456 g/mol. The Morgan fingerprint density at radius 2 is 1.93 bits per heavy atom. The minimum absolute atomic E-state index is 0.0493. The Bertz CT molecular complexity index is 779. The van der Waals surface area contributed by atoms with Gasteiger partial charge in [0, 0.05) is 18.5 Å². The number of rotatable bonds is 7. The van der Waals surface area contributed by atoms with Gasteiger partial charge in [0.25, 0.3) is 0 Å². The lowest BCUT2D eigenvalue weighted by molar-refractivity contribution is -0.156. The van der Waals surface area contributed by atoms with E-state index in [2.05, 4.69) is 20.9 Å². The van der Waals surface area contributed by atoms with Gasteiger partial charge in [0.2, 0.25) is 11.8 Å². The molecule has 1 aromatic rings. The summed E-state index contributed by atoms with van der Waals surface area (Å²) in [7, 11) is 2.60. The maximum Gasteiger partial charge on any atom is 0.328 e. The summed E-state index contributed by atoms with van der Waals surface area (Å²) >= 11 is 3.30. The summed E-state index contributed by atoms with van der Waals surface area (Å²) in [6.07, 6.45) is 0.369. The van der Waals surface area contributed by atoms with Crippen LogP contribution in [0, 0.1) is 17.3 Å². The van der Waals surface area contributed by atoms with Crippen molar-refractivity contribution >= 4 is 33.8 Å². The van der Waals surface area contributed by atoms with Crippen molar-refractivity contribution in [1.82, 2.24) is 9.88 Å². The number of aromatic nitrogens is 1. The number of hydrogen-bond donors (Lipinski definition) is 0. The first-order chi connectivity index (χ1) is 14.1. The van der Waals surface area contributed by atoms with E-state index in [1.807, 2.05) is 26.8 Å². The van der Waals surface area contributed by atoms with Crippen molar-refractivity contribution in [3.63, 3.8) is 0 Å². The third-order valence-corrected chi connectivity index (χ3v) is 5.68. The molecule has 0 aliphatic carbocycles. The van der Waals surface area contributed by atoms with Crippen molar-refractivity contribution in [2.45, 2.75) is 39.7 Å². The molecule has 1 aliphatic rings. The molecule has 8 nitrogen and oxygen atoms in total. The van der Waals surface area contributed by atoms with Crippen molar-refractivity contribution in [1.29, 1.82) is 0 Å². The lowest BCUT2D eigenvalue weighted by atomic mass is 9.77. The summed E-state index contributed by atoms with van der Waals surface area (Å²) in [5.74, 6) is -1.43. The number of methoxy groups -OCH3 is 2. The Morgan fingerprint density at radius 3 is 2.50 bits per heavy atom. The summed E-state index contributed by atoms with van der Waals surface area (Å²) in [6, 6.07) is 4.64. The molecular formula is C21H29BrN2O6. The van der Waals surface area contributed by atoms with Crippen LogP contribution in [-0.4, -0.2) is 61.1 Å². The van der Waals surface area contributed by atoms with Gasteiger partial charge in [-0.1, -0.05) is 26.8 Å². The Hall–Kier alpha value is -2.16.